The van der Waals surface area contributed by atoms with Crippen molar-refractivity contribution >= 4 is 12.0 Å². The van der Waals surface area contributed by atoms with Crippen LogP contribution < -0.4 is 10.1 Å². The van der Waals surface area contributed by atoms with Crippen molar-refractivity contribution in [3.05, 3.63) is 102 Å². The van der Waals surface area contributed by atoms with Crippen LogP contribution in [-0.4, -0.2) is 30.1 Å². The van der Waals surface area contributed by atoms with E-state index in [0.29, 0.717) is 0 Å². The Morgan fingerprint density at radius 2 is 1.53 bits per heavy atom. The van der Waals surface area contributed by atoms with Crippen molar-refractivity contribution in [2.45, 2.75) is 45.5 Å². The molecule has 1 fully saturated rings. The number of β-lactam (4-membered cyclic amide) rings is 1. The molecular formula is C30H34N2O4. The number of carbonyl (C=O) groups is 2. The minimum absolute atomic E-state index is 0.0224. The second-order valence-electron chi connectivity index (χ2n) is 9.55. The molecule has 0 aliphatic carbocycles. The summed E-state index contributed by atoms with van der Waals surface area (Å²) in [5, 5.41) is 3.01. The summed E-state index contributed by atoms with van der Waals surface area (Å²) < 4.78 is 10.8. The molecule has 0 aromatic heterocycles. The highest BCUT2D eigenvalue weighted by Crippen LogP contribution is 2.48. The molecule has 188 valence electrons. The highest BCUT2D eigenvalue weighted by molar-refractivity contribution is 5.88. The van der Waals surface area contributed by atoms with Crippen LogP contribution in [0.2, 0.25) is 0 Å². The quantitative estimate of drug-likeness (QED) is 0.382. The molecule has 0 bridgehead atoms. The molecule has 36 heavy (non-hydrogen) atoms. The molecule has 3 aromatic rings. The number of hydrogen-bond acceptors (Lipinski definition) is 4. The van der Waals surface area contributed by atoms with Gasteiger partial charge >= 0.3 is 6.09 Å². The standard InChI is InChI=1S/C30H34N2O4/c1-20(2)27(31-30(34)36-19-22-11-7-5-8-12-22)26-28(24-13-9-6-10-14-24)32(29(26)33)21(3)23-15-17-25(35-4)18-16-23/h5-18,20-21,26-28H,19H2,1-4H3,(H,31,34)/t21-,26-,27+,28-/m1/s1. The van der Waals surface area contributed by atoms with Gasteiger partial charge in [0.2, 0.25) is 5.91 Å². The number of benzene rings is 3. The molecule has 6 nitrogen and oxygen atoms in total. The van der Waals surface area contributed by atoms with E-state index in [0.717, 1.165) is 22.4 Å². The lowest BCUT2D eigenvalue weighted by atomic mass is 9.73. The summed E-state index contributed by atoms with van der Waals surface area (Å²) in [4.78, 5) is 28.4. The van der Waals surface area contributed by atoms with E-state index in [1.807, 2.05) is 111 Å². The van der Waals surface area contributed by atoms with E-state index in [4.69, 9.17) is 9.47 Å². The number of hydrogen-bond donors (Lipinski definition) is 1. The Morgan fingerprint density at radius 3 is 2.11 bits per heavy atom. The summed E-state index contributed by atoms with van der Waals surface area (Å²) >= 11 is 0. The number of alkyl carbamates (subject to hydrolysis) is 1. The summed E-state index contributed by atoms with van der Waals surface area (Å²) in [5.41, 5.74) is 2.99. The molecule has 1 saturated heterocycles. The maximum Gasteiger partial charge on any atom is 0.407 e. The van der Waals surface area contributed by atoms with Gasteiger partial charge < -0.3 is 19.7 Å². The average Bonchev–Trinajstić information content (AvgIpc) is 2.91. The van der Waals surface area contributed by atoms with Gasteiger partial charge in [-0.2, -0.15) is 0 Å². The first-order chi connectivity index (χ1) is 17.4. The van der Waals surface area contributed by atoms with Gasteiger partial charge in [-0.25, -0.2) is 4.79 Å². The number of nitrogens with one attached hydrogen (secondary N) is 1. The van der Waals surface area contributed by atoms with Crippen LogP contribution in [0.3, 0.4) is 0 Å². The highest BCUT2D eigenvalue weighted by atomic mass is 16.5. The van der Waals surface area contributed by atoms with Gasteiger partial charge in [-0.3, -0.25) is 4.79 Å². The molecule has 1 heterocycles. The van der Waals surface area contributed by atoms with Crippen molar-refractivity contribution in [1.82, 2.24) is 10.2 Å². The molecule has 0 radical (unpaired) electrons. The van der Waals surface area contributed by atoms with Gasteiger partial charge in [0.1, 0.15) is 12.4 Å². The summed E-state index contributed by atoms with van der Waals surface area (Å²) in [7, 11) is 1.64. The maximum atomic E-state index is 13.7. The van der Waals surface area contributed by atoms with Crippen molar-refractivity contribution in [2.75, 3.05) is 7.11 Å². The predicted octanol–water partition coefficient (Wildman–Crippen LogP) is 5.91. The number of nitrogens with zero attached hydrogens (tertiary/aromatic N) is 1. The zero-order chi connectivity index (χ0) is 25.7. The monoisotopic (exact) mass is 486 g/mol. The van der Waals surface area contributed by atoms with Crippen molar-refractivity contribution in [1.29, 1.82) is 0 Å². The third-order valence-corrected chi connectivity index (χ3v) is 6.94. The minimum Gasteiger partial charge on any atom is -0.497 e. The molecule has 6 heteroatoms. The van der Waals surface area contributed by atoms with E-state index in [1.54, 1.807) is 7.11 Å². The molecule has 0 saturated carbocycles. The zero-order valence-electron chi connectivity index (χ0n) is 21.3. The Bertz CT molecular complexity index is 1150. The summed E-state index contributed by atoms with van der Waals surface area (Å²) in [6, 6.07) is 26.7. The lowest BCUT2D eigenvalue weighted by Crippen LogP contribution is -2.64. The highest BCUT2D eigenvalue weighted by Gasteiger charge is 2.54. The Morgan fingerprint density at radius 1 is 0.917 bits per heavy atom. The van der Waals surface area contributed by atoms with Crippen LogP contribution in [0.1, 0.15) is 49.5 Å². The lowest BCUT2D eigenvalue weighted by molar-refractivity contribution is -0.165. The number of likely N-dealkylation sites (tertiary alicyclic amines) is 1. The molecule has 4 rings (SSSR count). The normalized spacial score (nSPS) is 18.8. The van der Waals surface area contributed by atoms with Crippen LogP contribution >= 0.6 is 0 Å². The molecule has 0 unspecified atom stereocenters. The fourth-order valence-corrected chi connectivity index (χ4v) is 4.95. The van der Waals surface area contributed by atoms with E-state index in [9.17, 15) is 9.59 Å². The second-order valence-corrected chi connectivity index (χ2v) is 9.55. The van der Waals surface area contributed by atoms with E-state index >= 15 is 0 Å². The molecule has 0 spiro atoms. The average molecular weight is 487 g/mol. The molecular weight excluding hydrogens is 452 g/mol. The van der Waals surface area contributed by atoms with Gasteiger partial charge in [-0.1, -0.05) is 86.6 Å². The third kappa shape index (κ3) is 5.38. The van der Waals surface area contributed by atoms with Gasteiger partial charge in [0.05, 0.1) is 25.1 Å². The van der Waals surface area contributed by atoms with Crippen molar-refractivity contribution in [3.63, 3.8) is 0 Å². The Labute approximate surface area is 213 Å². The van der Waals surface area contributed by atoms with E-state index < -0.39 is 12.0 Å². The first-order valence-corrected chi connectivity index (χ1v) is 12.4. The van der Waals surface area contributed by atoms with Gasteiger partial charge in [0, 0.05) is 6.04 Å². The summed E-state index contributed by atoms with van der Waals surface area (Å²) in [6.45, 7) is 6.26. The number of ether oxygens (including phenoxy) is 2. The summed E-state index contributed by atoms with van der Waals surface area (Å²) in [5.74, 6) is 0.441. The lowest BCUT2D eigenvalue weighted by Gasteiger charge is -2.53. The topological polar surface area (TPSA) is 67.9 Å². The number of methoxy groups -OCH3 is 1. The first kappa shape index (κ1) is 25.3. The van der Waals surface area contributed by atoms with Crippen LogP contribution in [0.4, 0.5) is 4.79 Å². The molecule has 3 aromatic carbocycles. The Balaban J connectivity index is 1.55. The SMILES string of the molecule is COc1ccc([C@@H](C)N2C(=O)[C@H]([C@@H](NC(=O)OCc3ccccc3)C(C)C)[C@H]2c2ccccc2)cc1. The zero-order valence-corrected chi connectivity index (χ0v) is 21.3. The van der Waals surface area contributed by atoms with Gasteiger partial charge in [-0.15, -0.1) is 0 Å². The number of amides is 2. The maximum absolute atomic E-state index is 13.7. The van der Waals surface area contributed by atoms with E-state index in [2.05, 4.69) is 5.32 Å². The van der Waals surface area contributed by atoms with Gasteiger partial charge in [0.15, 0.2) is 0 Å². The van der Waals surface area contributed by atoms with Gasteiger partial charge in [-0.05, 0) is 41.7 Å². The molecule has 1 aliphatic heterocycles. The van der Waals surface area contributed by atoms with Gasteiger partial charge in [0.25, 0.3) is 0 Å². The molecule has 2 amide bonds. The van der Waals surface area contributed by atoms with E-state index in [1.165, 1.54) is 0 Å². The molecule has 1 N–H and O–H groups in total. The van der Waals surface area contributed by atoms with Crippen molar-refractivity contribution < 1.29 is 19.1 Å². The van der Waals surface area contributed by atoms with Crippen molar-refractivity contribution in [3.8, 4) is 5.75 Å². The summed E-state index contributed by atoms with van der Waals surface area (Å²) in [6.07, 6.45) is -0.515. The van der Waals surface area contributed by atoms with Crippen LogP contribution in [0, 0.1) is 11.8 Å². The molecule has 4 atom stereocenters. The Kier molecular flexibility index (Phi) is 7.93. The fraction of sp³-hybridized carbons (Fsp3) is 0.333. The predicted molar refractivity (Wildman–Crippen MR) is 139 cm³/mol. The molecule has 1 aliphatic rings. The number of rotatable bonds is 9. The van der Waals surface area contributed by atoms with E-state index in [-0.39, 0.29) is 36.6 Å². The smallest absolute Gasteiger partial charge is 0.407 e. The second kappa shape index (κ2) is 11.3. The van der Waals surface area contributed by atoms with Crippen molar-refractivity contribution in [2.24, 2.45) is 11.8 Å². The largest absolute Gasteiger partial charge is 0.497 e. The minimum atomic E-state index is -0.515. The van der Waals surface area contributed by atoms with Crippen LogP contribution in [0.25, 0.3) is 0 Å². The Hall–Kier alpha value is -3.80. The van der Waals surface area contributed by atoms with Crippen LogP contribution in [0.15, 0.2) is 84.9 Å². The fourth-order valence-electron chi connectivity index (χ4n) is 4.95. The number of carbonyl (C=O) groups excluding carboxylic acids is 2. The van der Waals surface area contributed by atoms with Crippen LogP contribution in [-0.2, 0) is 16.1 Å². The first-order valence-electron chi connectivity index (χ1n) is 12.4. The van der Waals surface area contributed by atoms with Crippen LogP contribution in [0.5, 0.6) is 5.75 Å². The third-order valence-electron chi connectivity index (χ3n) is 6.94.